The molecule has 0 unspecified atom stereocenters. The first kappa shape index (κ1) is 23.9. The standard InChI is InChI=1S/C26H23F4N5O/c1-16-4-2-6-20(27)22(16)34-12-7-17(8-13-34)19-14-21-24(33-11-10-31-21)35(25(19)36)15-18-5-3-9-32-23(18)26(28,29)30/h2-6,9-11,14,17H,7-8,12-13,15H2,1H3. The maximum absolute atomic E-state index is 14.5. The minimum Gasteiger partial charge on any atom is -0.369 e. The predicted octanol–water partition coefficient (Wildman–Crippen LogP) is 5.09. The predicted molar refractivity (Wildman–Crippen MR) is 127 cm³/mol. The normalized spacial score (nSPS) is 15.0. The summed E-state index contributed by atoms with van der Waals surface area (Å²) in [5.41, 5.74) is 0.960. The summed E-state index contributed by atoms with van der Waals surface area (Å²) < 4.78 is 56.4. The van der Waals surface area contributed by atoms with Gasteiger partial charge < -0.3 is 4.90 Å². The van der Waals surface area contributed by atoms with E-state index in [4.69, 9.17) is 0 Å². The van der Waals surface area contributed by atoms with Gasteiger partial charge in [0.05, 0.1) is 12.2 Å². The maximum atomic E-state index is 14.5. The summed E-state index contributed by atoms with van der Waals surface area (Å²) in [6.07, 6.45) is 0.493. The third-order valence-electron chi connectivity index (χ3n) is 6.67. The van der Waals surface area contributed by atoms with E-state index in [1.165, 1.54) is 35.2 Å². The minimum absolute atomic E-state index is 0.124. The second kappa shape index (κ2) is 9.33. The molecule has 10 heteroatoms. The fourth-order valence-electron chi connectivity index (χ4n) is 4.98. The molecule has 0 amide bonds. The van der Waals surface area contributed by atoms with Gasteiger partial charge in [0.1, 0.15) is 17.0 Å². The second-order valence-electron chi connectivity index (χ2n) is 8.93. The second-order valence-corrected chi connectivity index (χ2v) is 8.93. The number of hydrogen-bond donors (Lipinski definition) is 0. The van der Waals surface area contributed by atoms with Crippen molar-refractivity contribution in [1.29, 1.82) is 0 Å². The molecule has 4 heterocycles. The molecule has 0 N–H and O–H groups in total. The summed E-state index contributed by atoms with van der Waals surface area (Å²) in [4.78, 5) is 27.7. The van der Waals surface area contributed by atoms with Gasteiger partial charge in [-0.15, -0.1) is 0 Å². The zero-order valence-corrected chi connectivity index (χ0v) is 19.5. The molecule has 0 bridgehead atoms. The monoisotopic (exact) mass is 497 g/mol. The van der Waals surface area contributed by atoms with Gasteiger partial charge in [0.25, 0.3) is 5.56 Å². The molecular weight excluding hydrogens is 474 g/mol. The lowest BCUT2D eigenvalue weighted by atomic mass is 9.89. The smallest absolute Gasteiger partial charge is 0.369 e. The van der Waals surface area contributed by atoms with E-state index in [-0.39, 0.29) is 29.5 Å². The van der Waals surface area contributed by atoms with Crippen LogP contribution in [0.15, 0.2) is 59.8 Å². The van der Waals surface area contributed by atoms with Crippen molar-refractivity contribution in [3.8, 4) is 0 Å². The summed E-state index contributed by atoms with van der Waals surface area (Å²) in [6.45, 7) is 2.62. The third kappa shape index (κ3) is 4.43. The molecule has 0 atom stereocenters. The highest BCUT2D eigenvalue weighted by molar-refractivity contribution is 5.71. The van der Waals surface area contributed by atoms with Gasteiger partial charge in [-0.1, -0.05) is 18.2 Å². The van der Waals surface area contributed by atoms with E-state index < -0.39 is 17.4 Å². The zero-order valence-electron chi connectivity index (χ0n) is 19.5. The molecule has 5 rings (SSSR count). The summed E-state index contributed by atoms with van der Waals surface area (Å²) in [6, 6.07) is 9.37. The summed E-state index contributed by atoms with van der Waals surface area (Å²) in [5, 5.41) is 0. The Morgan fingerprint density at radius 2 is 1.75 bits per heavy atom. The van der Waals surface area contributed by atoms with Crippen molar-refractivity contribution < 1.29 is 17.6 Å². The number of fused-ring (bicyclic) bond motifs is 1. The number of alkyl halides is 3. The van der Waals surface area contributed by atoms with E-state index in [1.807, 2.05) is 17.9 Å². The largest absolute Gasteiger partial charge is 0.433 e. The van der Waals surface area contributed by atoms with Crippen LogP contribution in [0.1, 0.15) is 41.1 Å². The number of benzene rings is 1. The highest BCUT2D eigenvalue weighted by atomic mass is 19.4. The fourth-order valence-corrected chi connectivity index (χ4v) is 4.98. The van der Waals surface area contributed by atoms with Crippen LogP contribution in [0.3, 0.4) is 0 Å². The molecule has 1 aliphatic heterocycles. The van der Waals surface area contributed by atoms with Crippen molar-refractivity contribution in [1.82, 2.24) is 19.5 Å². The number of aryl methyl sites for hydroxylation is 1. The Hall–Kier alpha value is -3.82. The maximum Gasteiger partial charge on any atom is 0.433 e. The molecule has 6 nitrogen and oxygen atoms in total. The van der Waals surface area contributed by atoms with Crippen LogP contribution in [-0.2, 0) is 12.7 Å². The Morgan fingerprint density at radius 1 is 1.00 bits per heavy atom. The Kier molecular flexibility index (Phi) is 6.19. The molecule has 1 saturated heterocycles. The number of piperidine rings is 1. The van der Waals surface area contributed by atoms with Gasteiger partial charge in [0.2, 0.25) is 0 Å². The molecule has 186 valence electrons. The Bertz CT molecular complexity index is 1460. The lowest BCUT2D eigenvalue weighted by Crippen LogP contribution is -2.36. The zero-order chi connectivity index (χ0) is 25.4. The molecule has 1 fully saturated rings. The van der Waals surface area contributed by atoms with Crippen LogP contribution < -0.4 is 10.5 Å². The first-order chi connectivity index (χ1) is 17.2. The lowest BCUT2D eigenvalue weighted by molar-refractivity contribution is -0.141. The molecular formula is C26H23F4N5O. The number of aromatic nitrogens is 4. The van der Waals surface area contributed by atoms with Crippen LogP contribution >= 0.6 is 0 Å². The van der Waals surface area contributed by atoms with E-state index in [1.54, 1.807) is 12.1 Å². The van der Waals surface area contributed by atoms with Crippen LogP contribution in [-0.4, -0.2) is 32.6 Å². The van der Waals surface area contributed by atoms with Gasteiger partial charge in [-0.3, -0.25) is 19.3 Å². The molecule has 0 spiro atoms. The summed E-state index contributed by atoms with van der Waals surface area (Å²) >= 11 is 0. The van der Waals surface area contributed by atoms with Gasteiger partial charge >= 0.3 is 6.18 Å². The lowest BCUT2D eigenvalue weighted by Gasteiger charge is -2.34. The van der Waals surface area contributed by atoms with Crippen LogP contribution in [0.2, 0.25) is 0 Å². The number of nitrogens with zero attached hydrogens (tertiary/aromatic N) is 5. The van der Waals surface area contributed by atoms with Crippen molar-refractivity contribution in [2.45, 2.75) is 38.4 Å². The average molecular weight is 497 g/mol. The van der Waals surface area contributed by atoms with Gasteiger partial charge in [0.15, 0.2) is 5.65 Å². The Labute approximate surface area is 204 Å². The minimum atomic E-state index is -4.66. The molecule has 3 aromatic heterocycles. The molecule has 36 heavy (non-hydrogen) atoms. The van der Waals surface area contributed by atoms with Crippen molar-refractivity contribution >= 4 is 16.9 Å². The number of pyridine rings is 2. The van der Waals surface area contributed by atoms with Crippen molar-refractivity contribution in [2.24, 2.45) is 0 Å². The number of hydrogen-bond acceptors (Lipinski definition) is 5. The third-order valence-corrected chi connectivity index (χ3v) is 6.67. The highest BCUT2D eigenvalue weighted by Crippen LogP contribution is 2.33. The summed E-state index contributed by atoms with van der Waals surface area (Å²) in [5.74, 6) is -0.428. The first-order valence-electron chi connectivity index (χ1n) is 11.6. The van der Waals surface area contributed by atoms with Crippen molar-refractivity contribution in [3.05, 3.63) is 93.5 Å². The fraction of sp³-hybridized carbons (Fsp3) is 0.308. The topological polar surface area (TPSA) is 63.9 Å². The van der Waals surface area contributed by atoms with Crippen LogP contribution in [0.5, 0.6) is 0 Å². The highest BCUT2D eigenvalue weighted by Gasteiger charge is 2.35. The number of halogens is 4. The Morgan fingerprint density at radius 3 is 2.47 bits per heavy atom. The van der Waals surface area contributed by atoms with E-state index in [9.17, 15) is 22.4 Å². The number of rotatable bonds is 4. The summed E-state index contributed by atoms with van der Waals surface area (Å²) in [7, 11) is 0. The van der Waals surface area contributed by atoms with E-state index in [0.717, 1.165) is 11.8 Å². The number of para-hydroxylation sites is 1. The molecule has 0 aliphatic carbocycles. The van der Waals surface area contributed by atoms with Crippen molar-refractivity contribution in [3.63, 3.8) is 0 Å². The molecule has 0 saturated carbocycles. The van der Waals surface area contributed by atoms with Crippen LogP contribution in [0.4, 0.5) is 23.2 Å². The number of anilines is 1. The average Bonchev–Trinajstić information content (AvgIpc) is 2.86. The molecule has 0 radical (unpaired) electrons. The first-order valence-corrected chi connectivity index (χ1v) is 11.6. The molecule has 1 aromatic carbocycles. The van der Waals surface area contributed by atoms with Gasteiger partial charge in [0, 0.05) is 42.8 Å². The quantitative estimate of drug-likeness (QED) is 0.368. The molecule has 4 aromatic rings. The van der Waals surface area contributed by atoms with E-state index in [0.29, 0.717) is 42.7 Å². The van der Waals surface area contributed by atoms with Gasteiger partial charge in [-0.25, -0.2) is 9.37 Å². The van der Waals surface area contributed by atoms with Crippen molar-refractivity contribution in [2.75, 3.05) is 18.0 Å². The van der Waals surface area contributed by atoms with Gasteiger partial charge in [-0.2, -0.15) is 13.2 Å². The van der Waals surface area contributed by atoms with E-state index in [2.05, 4.69) is 15.0 Å². The van der Waals surface area contributed by atoms with Gasteiger partial charge in [-0.05, 0) is 49.4 Å². The SMILES string of the molecule is Cc1cccc(F)c1N1CCC(c2cc3nccnc3n(Cc3cccnc3C(F)(F)F)c2=O)CC1. The van der Waals surface area contributed by atoms with Crippen LogP contribution in [0.25, 0.3) is 11.2 Å². The molecule has 1 aliphatic rings. The van der Waals surface area contributed by atoms with E-state index >= 15 is 0 Å². The Balaban J connectivity index is 1.51. The van der Waals surface area contributed by atoms with Crippen LogP contribution in [0, 0.1) is 12.7 Å².